The normalized spacial score (nSPS) is 51.0. The minimum atomic E-state index is -1.14. The molecule has 0 aromatic carbocycles. The van der Waals surface area contributed by atoms with E-state index in [-0.39, 0.29) is 5.41 Å². The molecular formula is C27H48O4. The van der Waals surface area contributed by atoms with Gasteiger partial charge in [-0.05, 0) is 107 Å². The molecule has 180 valence electrons. The summed E-state index contributed by atoms with van der Waals surface area (Å²) < 4.78 is 0. The summed E-state index contributed by atoms with van der Waals surface area (Å²) in [5, 5.41) is 42.7. The van der Waals surface area contributed by atoms with Gasteiger partial charge in [-0.1, -0.05) is 33.6 Å². The molecule has 4 aliphatic carbocycles. The van der Waals surface area contributed by atoms with Gasteiger partial charge < -0.3 is 20.4 Å². The molecule has 0 spiro atoms. The molecule has 0 amide bonds. The van der Waals surface area contributed by atoms with Crippen LogP contribution in [0.3, 0.4) is 0 Å². The standard InChI is InChI=1S/C27H48O4/c1-17(7-6-13-24(2,3)30)19-8-9-20-18-10-16-27(31)23(29)22(28)12-15-26(27,5)21(18)11-14-25(19,20)4/h17-23,28-31H,6-16H2,1-5H3/t17-,18+,19-,20+,21+,22+,23?,25-,26-,27?/m1/s1. The quantitative estimate of drug-likeness (QED) is 0.505. The van der Waals surface area contributed by atoms with Gasteiger partial charge in [0.25, 0.3) is 0 Å². The summed E-state index contributed by atoms with van der Waals surface area (Å²) in [5.41, 5.74) is -1.60. The monoisotopic (exact) mass is 436 g/mol. The lowest BCUT2D eigenvalue weighted by Gasteiger charge is -2.65. The average Bonchev–Trinajstić information content (AvgIpc) is 3.03. The molecule has 4 fully saturated rings. The minimum Gasteiger partial charge on any atom is -0.390 e. The zero-order valence-electron chi connectivity index (χ0n) is 20.6. The Morgan fingerprint density at radius 1 is 0.935 bits per heavy atom. The van der Waals surface area contributed by atoms with E-state index in [2.05, 4.69) is 20.8 Å². The van der Waals surface area contributed by atoms with Crippen LogP contribution in [0, 0.1) is 40.4 Å². The van der Waals surface area contributed by atoms with Crippen molar-refractivity contribution in [2.75, 3.05) is 0 Å². The maximum Gasteiger partial charge on any atom is 0.109 e. The number of hydrogen-bond acceptors (Lipinski definition) is 4. The van der Waals surface area contributed by atoms with Gasteiger partial charge in [0.2, 0.25) is 0 Å². The number of aliphatic hydroxyl groups excluding tert-OH is 2. The van der Waals surface area contributed by atoms with Crippen molar-refractivity contribution in [3.63, 3.8) is 0 Å². The second-order valence-electron chi connectivity index (χ2n) is 13.2. The van der Waals surface area contributed by atoms with E-state index < -0.39 is 23.4 Å². The summed E-state index contributed by atoms with van der Waals surface area (Å²) in [6.45, 7) is 11.0. The highest BCUT2D eigenvalue weighted by Crippen LogP contribution is 2.69. The topological polar surface area (TPSA) is 80.9 Å². The molecule has 0 radical (unpaired) electrons. The van der Waals surface area contributed by atoms with Gasteiger partial charge in [0.05, 0.1) is 17.3 Å². The molecule has 0 aromatic rings. The molecule has 0 saturated heterocycles. The summed E-state index contributed by atoms with van der Waals surface area (Å²) in [6.07, 6.45) is 9.41. The Morgan fingerprint density at radius 2 is 1.65 bits per heavy atom. The van der Waals surface area contributed by atoms with E-state index in [9.17, 15) is 20.4 Å². The van der Waals surface area contributed by atoms with Crippen LogP contribution < -0.4 is 0 Å². The number of fused-ring (bicyclic) bond motifs is 5. The molecule has 4 nitrogen and oxygen atoms in total. The van der Waals surface area contributed by atoms with Gasteiger partial charge in [-0.15, -0.1) is 0 Å². The molecule has 0 heterocycles. The fourth-order valence-electron chi connectivity index (χ4n) is 9.32. The van der Waals surface area contributed by atoms with E-state index in [1.54, 1.807) is 0 Å². The molecule has 0 bridgehead atoms. The summed E-state index contributed by atoms with van der Waals surface area (Å²) in [6, 6.07) is 0. The lowest BCUT2D eigenvalue weighted by atomic mass is 9.42. The second-order valence-corrected chi connectivity index (χ2v) is 13.2. The highest BCUT2D eigenvalue weighted by molar-refractivity contribution is 5.17. The maximum atomic E-state index is 11.6. The van der Waals surface area contributed by atoms with Crippen LogP contribution in [0.2, 0.25) is 0 Å². The van der Waals surface area contributed by atoms with Gasteiger partial charge in [-0.2, -0.15) is 0 Å². The molecule has 31 heavy (non-hydrogen) atoms. The Bertz CT molecular complexity index is 658. The Labute approximate surface area is 189 Å². The summed E-state index contributed by atoms with van der Waals surface area (Å²) in [5.74, 6) is 3.26. The number of aliphatic hydroxyl groups is 4. The first kappa shape index (κ1) is 24.0. The summed E-state index contributed by atoms with van der Waals surface area (Å²) in [7, 11) is 0. The SMILES string of the molecule is C[C@H](CCCC(C)(C)O)[C@H]1CC[C@H]2[C@@H]3CCC4(O)C(O)[C@@H](O)CC[C@]4(C)[C@H]3CC[C@]12C. The van der Waals surface area contributed by atoms with Crippen LogP contribution in [-0.2, 0) is 0 Å². The van der Waals surface area contributed by atoms with Crippen LogP contribution >= 0.6 is 0 Å². The maximum absolute atomic E-state index is 11.6. The van der Waals surface area contributed by atoms with E-state index in [0.717, 1.165) is 43.9 Å². The van der Waals surface area contributed by atoms with E-state index >= 15 is 0 Å². The van der Waals surface area contributed by atoms with Gasteiger partial charge in [-0.25, -0.2) is 0 Å². The summed E-state index contributed by atoms with van der Waals surface area (Å²) >= 11 is 0. The first-order chi connectivity index (χ1) is 14.3. The summed E-state index contributed by atoms with van der Waals surface area (Å²) in [4.78, 5) is 0. The van der Waals surface area contributed by atoms with Gasteiger partial charge >= 0.3 is 0 Å². The molecular weight excluding hydrogens is 388 g/mol. The largest absolute Gasteiger partial charge is 0.390 e. The van der Waals surface area contributed by atoms with Gasteiger partial charge in [0, 0.05) is 5.41 Å². The van der Waals surface area contributed by atoms with Crippen molar-refractivity contribution in [3.05, 3.63) is 0 Å². The van der Waals surface area contributed by atoms with Crippen LogP contribution in [0.5, 0.6) is 0 Å². The third-order valence-corrected chi connectivity index (χ3v) is 11.1. The second kappa shape index (κ2) is 7.96. The van der Waals surface area contributed by atoms with Crippen LogP contribution in [0.25, 0.3) is 0 Å². The number of rotatable bonds is 5. The predicted molar refractivity (Wildman–Crippen MR) is 123 cm³/mol. The molecule has 4 saturated carbocycles. The smallest absolute Gasteiger partial charge is 0.109 e. The molecule has 4 aliphatic rings. The van der Waals surface area contributed by atoms with Gasteiger partial charge in [-0.3, -0.25) is 0 Å². The van der Waals surface area contributed by atoms with Gasteiger partial charge in [0.15, 0.2) is 0 Å². The van der Waals surface area contributed by atoms with Crippen molar-refractivity contribution in [2.45, 2.75) is 129 Å². The van der Waals surface area contributed by atoms with E-state index in [0.29, 0.717) is 36.0 Å². The highest BCUT2D eigenvalue weighted by atomic mass is 16.4. The number of hydrogen-bond donors (Lipinski definition) is 4. The van der Waals surface area contributed by atoms with E-state index in [4.69, 9.17) is 0 Å². The van der Waals surface area contributed by atoms with Gasteiger partial charge in [0.1, 0.15) is 6.10 Å². The zero-order valence-corrected chi connectivity index (χ0v) is 20.6. The third kappa shape index (κ3) is 3.72. The fourth-order valence-corrected chi connectivity index (χ4v) is 9.32. The predicted octanol–water partition coefficient (Wildman–Crippen LogP) is 4.67. The van der Waals surface area contributed by atoms with Crippen molar-refractivity contribution >= 4 is 0 Å². The highest BCUT2D eigenvalue weighted by Gasteiger charge is 2.67. The molecule has 10 atom stereocenters. The van der Waals surface area contributed by atoms with Crippen LogP contribution in [0.1, 0.15) is 105 Å². The molecule has 0 aliphatic heterocycles. The van der Waals surface area contributed by atoms with Crippen molar-refractivity contribution in [1.82, 2.24) is 0 Å². The molecule has 0 aromatic heterocycles. The van der Waals surface area contributed by atoms with Crippen molar-refractivity contribution in [2.24, 2.45) is 40.4 Å². The molecule has 2 unspecified atom stereocenters. The lowest BCUT2D eigenvalue weighted by molar-refractivity contribution is -0.267. The first-order valence-electron chi connectivity index (χ1n) is 13.1. The average molecular weight is 437 g/mol. The molecule has 4 N–H and O–H groups in total. The van der Waals surface area contributed by atoms with Crippen molar-refractivity contribution < 1.29 is 20.4 Å². The minimum absolute atomic E-state index is 0.285. The fraction of sp³-hybridized carbons (Fsp3) is 1.00. The third-order valence-electron chi connectivity index (χ3n) is 11.1. The van der Waals surface area contributed by atoms with Crippen LogP contribution in [-0.4, -0.2) is 43.8 Å². The Morgan fingerprint density at radius 3 is 2.32 bits per heavy atom. The van der Waals surface area contributed by atoms with E-state index in [1.807, 2.05) is 13.8 Å². The van der Waals surface area contributed by atoms with Crippen molar-refractivity contribution in [1.29, 1.82) is 0 Å². The zero-order chi connectivity index (χ0) is 22.8. The lowest BCUT2D eigenvalue weighted by Crippen LogP contribution is -2.69. The Balaban J connectivity index is 1.49. The van der Waals surface area contributed by atoms with Crippen LogP contribution in [0.15, 0.2) is 0 Å². The van der Waals surface area contributed by atoms with Crippen LogP contribution in [0.4, 0.5) is 0 Å². The van der Waals surface area contributed by atoms with E-state index in [1.165, 1.54) is 25.7 Å². The molecule has 4 rings (SSSR count). The first-order valence-corrected chi connectivity index (χ1v) is 13.1. The Kier molecular flexibility index (Phi) is 6.16. The molecule has 4 heteroatoms. The Hall–Kier alpha value is -0.160. The van der Waals surface area contributed by atoms with Crippen molar-refractivity contribution in [3.8, 4) is 0 Å².